The molecule has 0 N–H and O–H groups in total. The van der Waals surface area contributed by atoms with Crippen molar-refractivity contribution in [1.82, 2.24) is 9.47 Å². The van der Waals surface area contributed by atoms with Crippen LogP contribution in [0.5, 0.6) is 5.75 Å². The fourth-order valence-electron chi connectivity index (χ4n) is 3.85. The molecule has 6 nitrogen and oxygen atoms in total. The summed E-state index contributed by atoms with van der Waals surface area (Å²) < 4.78 is 30.9. The van der Waals surface area contributed by atoms with Crippen molar-refractivity contribution in [1.29, 1.82) is 0 Å². The summed E-state index contributed by atoms with van der Waals surface area (Å²) in [5.41, 5.74) is 3.38. The molecule has 2 aromatic rings. The zero-order chi connectivity index (χ0) is 19.8. The van der Waals surface area contributed by atoms with E-state index in [0.29, 0.717) is 18.5 Å². The Bertz CT molecular complexity index is 945. The number of carbonyl (C=O) groups excluding carboxylic acids is 1. The van der Waals surface area contributed by atoms with Crippen LogP contribution in [0.15, 0.2) is 30.3 Å². The molecular formula is C20H26N2O4S. The van der Waals surface area contributed by atoms with Crippen LogP contribution in [-0.4, -0.2) is 55.0 Å². The van der Waals surface area contributed by atoms with Crippen molar-refractivity contribution in [2.24, 2.45) is 0 Å². The first-order valence-electron chi connectivity index (χ1n) is 9.12. The highest BCUT2D eigenvalue weighted by atomic mass is 32.2. The van der Waals surface area contributed by atoms with Crippen LogP contribution >= 0.6 is 0 Å². The first kappa shape index (κ1) is 19.5. The summed E-state index contributed by atoms with van der Waals surface area (Å²) in [5.74, 6) is 0.889. The van der Waals surface area contributed by atoms with Gasteiger partial charge in [-0.1, -0.05) is 0 Å². The maximum Gasteiger partial charge on any atom is 0.255 e. The second-order valence-electron chi connectivity index (χ2n) is 6.97. The smallest absolute Gasteiger partial charge is 0.255 e. The lowest BCUT2D eigenvalue weighted by molar-refractivity contribution is 0.0707. The molecule has 1 unspecified atom stereocenters. The van der Waals surface area contributed by atoms with Crippen LogP contribution < -0.4 is 4.74 Å². The number of rotatable bonds is 5. The number of hydrogen-bond acceptors (Lipinski definition) is 4. The number of methoxy groups -OCH3 is 1. The molecule has 27 heavy (non-hydrogen) atoms. The Kier molecular flexibility index (Phi) is 5.33. The predicted octanol–water partition coefficient (Wildman–Crippen LogP) is 2.75. The molecule has 1 aliphatic rings. The first-order valence-corrected chi connectivity index (χ1v) is 10.9. The minimum atomic E-state index is -3.04. The van der Waals surface area contributed by atoms with Gasteiger partial charge in [-0.05, 0) is 57.5 Å². The number of hydrogen-bond donors (Lipinski definition) is 0. The molecule has 1 fully saturated rings. The van der Waals surface area contributed by atoms with Gasteiger partial charge < -0.3 is 14.2 Å². The number of aromatic nitrogens is 1. The molecule has 1 amide bonds. The van der Waals surface area contributed by atoms with E-state index in [9.17, 15) is 13.2 Å². The molecule has 0 aliphatic carbocycles. The van der Waals surface area contributed by atoms with Crippen molar-refractivity contribution in [2.75, 3.05) is 25.2 Å². The summed E-state index contributed by atoms with van der Waals surface area (Å²) in [6, 6.07) is 9.32. The summed E-state index contributed by atoms with van der Waals surface area (Å²) in [7, 11) is -1.41. The average molecular weight is 391 g/mol. The quantitative estimate of drug-likeness (QED) is 0.787. The topological polar surface area (TPSA) is 68.6 Å². The van der Waals surface area contributed by atoms with Crippen molar-refractivity contribution in [2.45, 2.75) is 33.2 Å². The van der Waals surface area contributed by atoms with Crippen LogP contribution in [0.2, 0.25) is 0 Å². The molecule has 0 saturated carbocycles. The Balaban J connectivity index is 1.93. The Morgan fingerprint density at radius 3 is 2.44 bits per heavy atom. The minimum absolute atomic E-state index is 0.0593. The number of sulfone groups is 1. The molecule has 1 atom stereocenters. The molecule has 146 valence electrons. The highest BCUT2D eigenvalue weighted by molar-refractivity contribution is 7.91. The lowest BCUT2D eigenvalue weighted by Crippen LogP contribution is -2.41. The summed E-state index contributed by atoms with van der Waals surface area (Å²) in [5, 5.41) is 0. The SMILES string of the molecule is CCN(C(=O)c1cc(C)n(-c2ccc(OC)cc2)c1C)C1CCS(=O)(=O)C1. The largest absolute Gasteiger partial charge is 0.497 e. The summed E-state index contributed by atoms with van der Waals surface area (Å²) in [6.07, 6.45) is 0.513. The van der Waals surface area contributed by atoms with Crippen molar-refractivity contribution >= 4 is 15.7 Å². The van der Waals surface area contributed by atoms with Gasteiger partial charge >= 0.3 is 0 Å². The third kappa shape index (κ3) is 3.74. The fraction of sp³-hybridized carbons (Fsp3) is 0.450. The zero-order valence-electron chi connectivity index (χ0n) is 16.2. The molecule has 1 aliphatic heterocycles. The predicted molar refractivity (Wildman–Crippen MR) is 106 cm³/mol. The molecule has 0 spiro atoms. The standard InChI is InChI=1S/C20H26N2O4S/c1-5-21(17-10-11-27(24,25)13-17)20(23)19-12-14(2)22(15(19)3)16-6-8-18(26-4)9-7-16/h6-9,12,17H,5,10-11,13H2,1-4H3. The number of nitrogens with zero attached hydrogens (tertiary/aromatic N) is 2. The van der Waals surface area contributed by atoms with E-state index in [1.54, 1.807) is 12.0 Å². The van der Waals surface area contributed by atoms with E-state index in [1.165, 1.54) is 0 Å². The van der Waals surface area contributed by atoms with E-state index < -0.39 is 9.84 Å². The number of ether oxygens (including phenoxy) is 1. The summed E-state index contributed by atoms with van der Waals surface area (Å²) in [6.45, 7) is 6.27. The van der Waals surface area contributed by atoms with E-state index in [-0.39, 0.29) is 23.5 Å². The van der Waals surface area contributed by atoms with Gasteiger partial charge in [0.2, 0.25) is 0 Å². The fourth-order valence-corrected chi connectivity index (χ4v) is 5.58. The second kappa shape index (κ2) is 7.38. The molecule has 7 heteroatoms. The van der Waals surface area contributed by atoms with Crippen molar-refractivity contribution in [3.63, 3.8) is 0 Å². The Morgan fingerprint density at radius 1 is 1.26 bits per heavy atom. The van der Waals surface area contributed by atoms with Crippen LogP contribution in [0.4, 0.5) is 0 Å². The average Bonchev–Trinajstić information content (AvgIpc) is 3.14. The molecule has 0 radical (unpaired) electrons. The zero-order valence-corrected chi connectivity index (χ0v) is 17.0. The van der Waals surface area contributed by atoms with E-state index >= 15 is 0 Å². The molecule has 3 rings (SSSR count). The number of amides is 1. The summed E-state index contributed by atoms with van der Waals surface area (Å²) in [4.78, 5) is 14.9. The van der Waals surface area contributed by atoms with Gasteiger partial charge in [-0.3, -0.25) is 4.79 Å². The van der Waals surface area contributed by atoms with E-state index in [0.717, 1.165) is 22.8 Å². The first-order chi connectivity index (χ1) is 12.8. The van der Waals surface area contributed by atoms with Gasteiger partial charge in [0.1, 0.15) is 5.75 Å². The lowest BCUT2D eigenvalue weighted by Gasteiger charge is -2.27. The maximum atomic E-state index is 13.2. The van der Waals surface area contributed by atoms with Gasteiger partial charge in [-0.2, -0.15) is 0 Å². The van der Waals surface area contributed by atoms with Gasteiger partial charge in [-0.15, -0.1) is 0 Å². The van der Waals surface area contributed by atoms with Crippen LogP contribution in [0, 0.1) is 13.8 Å². The van der Waals surface area contributed by atoms with E-state index in [1.807, 2.05) is 55.7 Å². The molecule has 2 heterocycles. The molecule has 1 saturated heterocycles. The normalized spacial score (nSPS) is 18.4. The highest BCUT2D eigenvalue weighted by Crippen LogP contribution is 2.26. The van der Waals surface area contributed by atoms with Crippen molar-refractivity contribution in [3.8, 4) is 11.4 Å². The van der Waals surface area contributed by atoms with Crippen LogP contribution in [0.3, 0.4) is 0 Å². The van der Waals surface area contributed by atoms with Gasteiger partial charge in [-0.25, -0.2) is 8.42 Å². The number of carbonyl (C=O) groups is 1. The summed E-state index contributed by atoms with van der Waals surface area (Å²) >= 11 is 0. The second-order valence-corrected chi connectivity index (χ2v) is 9.19. The lowest BCUT2D eigenvalue weighted by atomic mass is 10.1. The third-order valence-electron chi connectivity index (χ3n) is 5.24. The molecular weight excluding hydrogens is 364 g/mol. The number of aryl methyl sites for hydroxylation is 1. The van der Waals surface area contributed by atoms with Crippen LogP contribution in [-0.2, 0) is 9.84 Å². The Hall–Kier alpha value is -2.28. The third-order valence-corrected chi connectivity index (χ3v) is 6.99. The molecule has 1 aromatic carbocycles. The Morgan fingerprint density at radius 2 is 1.93 bits per heavy atom. The van der Waals surface area contributed by atoms with Gasteiger partial charge in [0.15, 0.2) is 9.84 Å². The van der Waals surface area contributed by atoms with E-state index in [4.69, 9.17) is 4.74 Å². The van der Waals surface area contributed by atoms with Gasteiger partial charge in [0.05, 0.1) is 24.2 Å². The maximum absolute atomic E-state index is 13.2. The van der Waals surface area contributed by atoms with Gasteiger partial charge in [0, 0.05) is 29.7 Å². The Labute approximate surface area is 160 Å². The minimum Gasteiger partial charge on any atom is -0.497 e. The monoisotopic (exact) mass is 390 g/mol. The van der Waals surface area contributed by atoms with E-state index in [2.05, 4.69) is 0 Å². The molecule has 1 aromatic heterocycles. The van der Waals surface area contributed by atoms with Gasteiger partial charge in [0.25, 0.3) is 5.91 Å². The molecule has 0 bridgehead atoms. The number of benzene rings is 1. The van der Waals surface area contributed by atoms with Crippen LogP contribution in [0.1, 0.15) is 35.1 Å². The highest BCUT2D eigenvalue weighted by Gasteiger charge is 2.35. The van der Waals surface area contributed by atoms with Crippen molar-refractivity contribution in [3.05, 3.63) is 47.3 Å². The van der Waals surface area contributed by atoms with Crippen LogP contribution in [0.25, 0.3) is 5.69 Å². The van der Waals surface area contributed by atoms with Crippen molar-refractivity contribution < 1.29 is 17.9 Å².